The number of aryl methyl sites for hydroxylation is 1. The summed E-state index contributed by atoms with van der Waals surface area (Å²) in [6, 6.07) is 13.7. The first kappa shape index (κ1) is 20.0. The molecule has 2 aromatic carbocycles. The first-order chi connectivity index (χ1) is 14.4. The number of halogens is 2. The van der Waals surface area contributed by atoms with Gasteiger partial charge >= 0.3 is 0 Å². The summed E-state index contributed by atoms with van der Waals surface area (Å²) in [4.78, 5) is 14.4. The molecule has 0 saturated carbocycles. The lowest BCUT2D eigenvalue weighted by Crippen LogP contribution is -2.34. The lowest BCUT2D eigenvalue weighted by Gasteiger charge is -2.24. The van der Waals surface area contributed by atoms with Gasteiger partial charge in [-0.2, -0.15) is 0 Å². The van der Waals surface area contributed by atoms with Gasteiger partial charge in [-0.05, 0) is 36.2 Å². The van der Waals surface area contributed by atoms with Crippen molar-refractivity contribution >= 4 is 5.91 Å². The van der Waals surface area contributed by atoms with Gasteiger partial charge in [0.2, 0.25) is 0 Å². The van der Waals surface area contributed by atoms with E-state index in [9.17, 15) is 13.6 Å². The molecule has 0 spiro atoms. The van der Waals surface area contributed by atoms with Crippen LogP contribution in [0.15, 0.2) is 54.9 Å². The molecule has 3 aromatic rings. The van der Waals surface area contributed by atoms with Crippen molar-refractivity contribution in [1.29, 1.82) is 0 Å². The number of carbonyl (C=O) groups excluding carboxylic acids is 1. The molecule has 156 valence electrons. The highest BCUT2D eigenvalue weighted by Gasteiger charge is 2.49. The van der Waals surface area contributed by atoms with E-state index in [2.05, 4.69) is 10.2 Å². The molecule has 4 rings (SSSR count). The number of rotatable bonds is 5. The van der Waals surface area contributed by atoms with Crippen molar-refractivity contribution in [2.75, 3.05) is 13.7 Å². The summed E-state index contributed by atoms with van der Waals surface area (Å²) >= 11 is 0. The quantitative estimate of drug-likeness (QED) is 0.638. The van der Waals surface area contributed by atoms with E-state index < -0.39 is 30.8 Å². The Balaban J connectivity index is 1.66. The highest BCUT2D eigenvalue weighted by Crippen LogP contribution is 2.41. The molecular formula is C22H22F2N4O2. The minimum Gasteiger partial charge on any atom is -0.497 e. The van der Waals surface area contributed by atoms with Gasteiger partial charge in [0.1, 0.15) is 12.1 Å². The van der Waals surface area contributed by atoms with Gasteiger partial charge in [0, 0.05) is 12.0 Å². The number of amides is 1. The first-order valence-corrected chi connectivity index (χ1v) is 9.63. The summed E-state index contributed by atoms with van der Waals surface area (Å²) in [5.74, 6) is -2.48. The van der Waals surface area contributed by atoms with Crippen LogP contribution in [0.25, 0.3) is 0 Å². The lowest BCUT2D eigenvalue weighted by molar-refractivity contribution is 0.0117. The molecule has 6 nitrogen and oxygen atoms in total. The summed E-state index contributed by atoms with van der Waals surface area (Å²) < 4.78 is 35.7. The third-order valence-corrected chi connectivity index (χ3v) is 5.33. The average Bonchev–Trinajstić information content (AvgIpc) is 3.31. The first-order valence-electron chi connectivity index (χ1n) is 9.63. The molecule has 0 bridgehead atoms. The minimum absolute atomic E-state index is 0.357. The molecule has 1 unspecified atom stereocenters. The Kier molecular flexibility index (Phi) is 5.24. The van der Waals surface area contributed by atoms with Gasteiger partial charge in [0.15, 0.2) is 5.82 Å². The lowest BCUT2D eigenvalue weighted by atomic mass is 10.1. The fourth-order valence-corrected chi connectivity index (χ4v) is 3.84. The molecule has 1 saturated heterocycles. The Morgan fingerprint density at radius 1 is 1.23 bits per heavy atom. The number of alkyl halides is 2. The zero-order valence-corrected chi connectivity index (χ0v) is 16.8. The molecule has 8 heteroatoms. The number of methoxy groups -OCH3 is 1. The number of benzene rings is 2. The molecule has 1 aliphatic rings. The number of aromatic nitrogens is 3. The smallest absolute Gasteiger partial charge is 0.267 e. The zero-order chi connectivity index (χ0) is 21.3. The second-order valence-electron chi connectivity index (χ2n) is 7.49. The normalized spacial score (nSPS) is 17.9. The summed E-state index contributed by atoms with van der Waals surface area (Å²) in [6.45, 7) is 1.55. The molecule has 1 aliphatic heterocycles. The third-order valence-electron chi connectivity index (χ3n) is 5.33. The largest absolute Gasteiger partial charge is 0.497 e. The molecule has 2 heterocycles. The van der Waals surface area contributed by atoms with Crippen molar-refractivity contribution in [3.63, 3.8) is 0 Å². The number of hydrogen-bond acceptors (Lipinski definition) is 4. The Labute approximate surface area is 173 Å². The second kappa shape index (κ2) is 7.85. The standard InChI is InChI=1S/C22H22F2N4O2/c1-15-10-17(30-2)8-9-18(15)21(29)28-13-22(23,24)11-19(28)20-26-25-14-27(20)12-16-6-4-3-5-7-16/h3-10,14,19H,11-13H2,1-2H3. The van der Waals surface area contributed by atoms with E-state index in [0.717, 1.165) is 5.56 Å². The predicted molar refractivity (Wildman–Crippen MR) is 107 cm³/mol. The molecule has 1 amide bonds. The summed E-state index contributed by atoms with van der Waals surface area (Å²) in [6.07, 6.45) is 1.03. The highest BCUT2D eigenvalue weighted by atomic mass is 19.3. The van der Waals surface area contributed by atoms with Crippen molar-refractivity contribution in [2.24, 2.45) is 0 Å². The van der Waals surface area contributed by atoms with Crippen LogP contribution in [0.5, 0.6) is 5.75 Å². The summed E-state index contributed by atoms with van der Waals surface area (Å²) in [7, 11) is 1.53. The van der Waals surface area contributed by atoms with Crippen molar-refractivity contribution < 1.29 is 18.3 Å². The van der Waals surface area contributed by atoms with Crippen molar-refractivity contribution in [3.8, 4) is 5.75 Å². The van der Waals surface area contributed by atoms with E-state index in [0.29, 0.717) is 29.2 Å². The monoisotopic (exact) mass is 412 g/mol. The van der Waals surface area contributed by atoms with Crippen molar-refractivity contribution in [3.05, 3.63) is 77.4 Å². The molecule has 30 heavy (non-hydrogen) atoms. The van der Waals surface area contributed by atoms with E-state index in [-0.39, 0.29) is 0 Å². The summed E-state index contributed by atoms with van der Waals surface area (Å²) in [5, 5.41) is 8.03. The van der Waals surface area contributed by atoms with Crippen LogP contribution in [-0.4, -0.2) is 45.1 Å². The van der Waals surface area contributed by atoms with Crippen LogP contribution in [0.4, 0.5) is 8.78 Å². The molecule has 0 aliphatic carbocycles. The van der Waals surface area contributed by atoms with Gasteiger partial charge < -0.3 is 14.2 Å². The fraction of sp³-hybridized carbons (Fsp3) is 0.318. The number of nitrogens with zero attached hydrogens (tertiary/aromatic N) is 4. The maximum absolute atomic E-state index is 14.4. The Hall–Kier alpha value is -3.29. The summed E-state index contributed by atoms with van der Waals surface area (Å²) in [5.41, 5.74) is 2.03. The number of ether oxygens (including phenoxy) is 1. The predicted octanol–water partition coefficient (Wildman–Crippen LogP) is 3.87. The van der Waals surface area contributed by atoms with E-state index in [1.54, 1.807) is 29.7 Å². The van der Waals surface area contributed by atoms with Crippen LogP contribution in [0, 0.1) is 6.92 Å². The highest BCUT2D eigenvalue weighted by molar-refractivity contribution is 5.96. The van der Waals surface area contributed by atoms with E-state index in [4.69, 9.17) is 4.74 Å². The molecule has 0 radical (unpaired) electrons. The van der Waals surface area contributed by atoms with Crippen LogP contribution in [0.3, 0.4) is 0 Å². The van der Waals surface area contributed by atoms with Crippen molar-refractivity contribution in [1.82, 2.24) is 19.7 Å². The van der Waals surface area contributed by atoms with Crippen LogP contribution in [-0.2, 0) is 6.54 Å². The van der Waals surface area contributed by atoms with E-state index in [1.807, 2.05) is 30.3 Å². The van der Waals surface area contributed by atoms with Gasteiger partial charge in [0.25, 0.3) is 11.8 Å². The van der Waals surface area contributed by atoms with Crippen LogP contribution >= 0.6 is 0 Å². The number of likely N-dealkylation sites (tertiary alicyclic amines) is 1. The maximum atomic E-state index is 14.4. The van der Waals surface area contributed by atoms with Crippen molar-refractivity contribution in [2.45, 2.75) is 31.9 Å². The Bertz CT molecular complexity index is 1050. The SMILES string of the molecule is COc1ccc(C(=O)N2CC(F)(F)CC2c2nncn2Cc2ccccc2)c(C)c1. The van der Waals surface area contributed by atoms with Gasteiger partial charge in [0.05, 0.1) is 26.2 Å². The van der Waals surface area contributed by atoms with Crippen LogP contribution in [0.2, 0.25) is 0 Å². The molecular weight excluding hydrogens is 390 g/mol. The molecule has 1 atom stereocenters. The molecule has 1 aromatic heterocycles. The zero-order valence-electron chi connectivity index (χ0n) is 16.8. The van der Waals surface area contributed by atoms with Gasteiger partial charge in [-0.3, -0.25) is 4.79 Å². The Morgan fingerprint density at radius 3 is 2.70 bits per heavy atom. The third kappa shape index (κ3) is 3.90. The topological polar surface area (TPSA) is 60.2 Å². The fourth-order valence-electron chi connectivity index (χ4n) is 3.84. The Morgan fingerprint density at radius 2 is 2.00 bits per heavy atom. The van der Waals surface area contributed by atoms with Gasteiger partial charge in [-0.25, -0.2) is 8.78 Å². The van der Waals surface area contributed by atoms with E-state index >= 15 is 0 Å². The van der Waals surface area contributed by atoms with Gasteiger partial charge in [-0.1, -0.05) is 30.3 Å². The average molecular weight is 412 g/mol. The number of carbonyl (C=O) groups is 1. The maximum Gasteiger partial charge on any atom is 0.267 e. The molecule has 1 fully saturated rings. The van der Waals surface area contributed by atoms with E-state index in [1.165, 1.54) is 18.3 Å². The van der Waals surface area contributed by atoms with Crippen LogP contribution in [0.1, 0.15) is 39.8 Å². The second-order valence-corrected chi connectivity index (χ2v) is 7.49. The van der Waals surface area contributed by atoms with Crippen LogP contribution < -0.4 is 4.74 Å². The van der Waals surface area contributed by atoms with Gasteiger partial charge in [-0.15, -0.1) is 10.2 Å². The molecule has 0 N–H and O–H groups in total. The number of hydrogen-bond donors (Lipinski definition) is 0. The minimum atomic E-state index is -3.00.